The number of hydrogen-bond donors (Lipinski definition) is 7. The standard InChI is InChI=1S/C26H19N5O13S3/c27-12-4-9-16(20(10-12)45(34,35)36)31-30-14-7-5-13(6-8-14)29-17-11-19(44-47(40,41)42)24(28)23-22(17)26(33)21-15(25(23)32)2-1-3-18(21)43-46(37,38)39/h1-11,28,30-31H,27H2,(H,34,35,36)(H,37,38,39)(H,40,41,42). The fraction of sp³-hybridized carbons (Fsp3) is 0. The average molecular weight is 706 g/mol. The maximum absolute atomic E-state index is 13.8. The number of benzene rings is 3. The molecule has 2 aliphatic carbocycles. The van der Waals surface area contributed by atoms with Crippen molar-refractivity contribution < 1.29 is 47.3 Å². The van der Waals surface area contributed by atoms with E-state index in [0.717, 1.165) is 30.3 Å². The number of nitrogens with zero attached hydrogens (tertiary/aromatic N) is 1. The molecule has 0 saturated carbocycles. The van der Waals surface area contributed by atoms with Crippen molar-refractivity contribution in [3.63, 3.8) is 0 Å². The van der Waals surface area contributed by atoms with Crippen LogP contribution in [-0.2, 0) is 30.9 Å². The molecule has 21 heteroatoms. The number of hydrogen-bond acceptors (Lipinski definition) is 15. The molecule has 8 N–H and O–H groups in total. The summed E-state index contributed by atoms with van der Waals surface area (Å²) in [5.74, 6) is -1.59. The minimum atomic E-state index is -5.23. The van der Waals surface area contributed by atoms with Gasteiger partial charge in [0.25, 0.3) is 10.1 Å². The number of nitrogens with one attached hydrogen (secondary N) is 3. The fourth-order valence-corrected chi connectivity index (χ4v) is 5.93. The van der Waals surface area contributed by atoms with Crippen LogP contribution in [-0.4, -0.2) is 38.9 Å². The molecule has 0 unspecified atom stereocenters. The summed E-state index contributed by atoms with van der Waals surface area (Å²) >= 11 is 0. The Bertz CT molecular complexity index is 2730. The van der Waals surface area contributed by atoms with E-state index in [4.69, 9.17) is 11.1 Å². The maximum Gasteiger partial charge on any atom is 0.446 e. The lowest BCUT2D eigenvalue weighted by atomic mass is 10.0. The van der Waals surface area contributed by atoms with Gasteiger partial charge in [-0.05, 0) is 48.5 Å². The second-order valence-corrected chi connectivity index (χ2v) is 13.0. The van der Waals surface area contributed by atoms with E-state index in [2.05, 4.69) is 24.2 Å². The molecule has 2 aliphatic rings. The fourth-order valence-electron chi connectivity index (χ4n) is 4.52. The zero-order valence-electron chi connectivity index (χ0n) is 23.0. The number of nitrogens with two attached hydrogens (primary N) is 1. The first kappa shape index (κ1) is 32.9. The van der Waals surface area contributed by atoms with Crippen LogP contribution in [0.3, 0.4) is 0 Å². The largest absolute Gasteiger partial charge is 0.446 e. The molecular formula is C26H19N5O13S3. The molecule has 0 radical (unpaired) electrons. The van der Waals surface area contributed by atoms with Gasteiger partial charge in [0.05, 0.1) is 38.2 Å². The molecule has 47 heavy (non-hydrogen) atoms. The number of fused-ring (bicyclic) bond motifs is 1. The molecule has 0 aliphatic heterocycles. The molecule has 0 heterocycles. The lowest BCUT2D eigenvalue weighted by Crippen LogP contribution is -2.31. The summed E-state index contributed by atoms with van der Waals surface area (Å²) < 4.78 is 106. The van der Waals surface area contributed by atoms with Gasteiger partial charge in [0.1, 0.15) is 10.3 Å². The van der Waals surface area contributed by atoms with Gasteiger partial charge < -0.3 is 19.5 Å². The summed E-state index contributed by atoms with van der Waals surface area (Å²) in [4.78, 5) is 31.1. The predicted molar refractivity (Wildman–Crippen MR) is 164 cm³/mol. The maximum atomic E-state index is 13.8. The van der Waals surface area contributed by atoms with Crippen molar-refractivity contribution >= 4 is 64.4 Å². The van der Waals surface area contributed by atoms with Crippen LogP contribution in [0.15, 0.2) is 86.2 Å². The summed E-state index contributed by atoms with van der Waals surface area (Å²) in [5.41, 5.74) is 9.15. The summed E-state index contributed by atoms with van der Waals surface area (Å²) in [6.45, 7) is 0. The van der Waals surface area contributed by atoms with Gasteiger partial charge in [0.15, 0.2) is 16.9 Å². The lowest BCUT2D eigenvalue weighted by molar-refractivity contribution is 0.383. The van der Waals surface area contributed by atoms with Crippen LogP contribution >= 0.6 is 0 Å². The van der Waals surface area contributed by atoms with E-state index in [1.54, 1.807) is 0 Å². The zero-order chi connectivity index (χ0) is 34.5. The number of rotatable bonds is 9. The van der Waals surface area contributed by atoms with Crippen molar-refractivity contribution in [1.82, 2.24) is 0 Å². The monoisotopic (exact) mass is 705 g/mol. The quantitative estimate of drug-likeness (QED) is 0.0624. The van der Waals surface area contributed by atoms with Gasteiger partial charge in [-0.15, -0.1) is 0 Å². The van der Waals surface area contributed by atoms with Gasteiger partial charge in [0.2, 0.25) is 5.43 Å². The van der Waals surface area contributed by atoms with E-state index in [0.29, 0.717) is 5.69 Å². The van der Waals surface area contributed by atoms with Crippen LogP contribution < -0.4 is 46.5 Å². The Labute approximate surface area is 262 Å². The van der Waals surface area contributed by atoms with Crippen LogP contribution in [0.2, 0.25) is 0 Å². The molecule has 0 atom stereocenters. The first-order chi connectivity index (χ1) is 21.8. The van der Waals surface area contributed by atoms with E-state index >= 15 is 0 Å². The Morgan fingerprint density at radius 2 is 1.38 bits per heavy atom. The third-order valence-corrected chi connectivity index (χ3v) is 8.03. The molecule has 3 aromatic carbocycles. The number of anilines is 3. The Hall–Kier alpha value is -5.45. The predicted octanol–water partition coefficient (Wildman–Crippen LogP) is 0.504. The molecule has 0 bridgehead atoms. The van der Waals surface area contributed by atoms with Crippen molar-refractivity contribution in [2.75, 3.05) is 16.6 Å². The van der Waals surface area contributed by atoms with Gasteiger partial charge in [0, 0.05) is 17.1 Å². The Morgan fingerprint density at radius 1 is 0.745 bits per heavy atom. The summed E-state index contributed by atoms with van der Waals surface area (Å²) in [7, 11) is -15.0. The molecule has 0 amide bonds. The highest BCUT2D eigenvalue weighted by Gasteiger charge is 2.21. The first-order valence-corrected chi connectivity index (χ1v) is 16.7. The first-order valence-electron chi connectivity index (χ1n) is 12.5. The normalized spacial score (nSPS) is 12.7. The Kier molecular flexibility index (Phi) is 8.21. The highest BCUT2D eigenvalue weighted by atomic mass is 32.3. The van der Waals surface area contributed by atoms with Gasteiger partial charge in [-0.25, -0.2) is 4.99 Å². The Balaban J connectivity index is 1.69. The van der Waals surface area contributed by atoms with Crippen molar-refractivity contribution in [3.05, 3.63) is 108 Å². The highest BCUT2D eigenvalue weighted by molar-refractivity contribution is 7.86. The van der Waals surface area contributed by atoms with E-state index in [1.165, 1.54) is 36.4 Å². The van der Waals surface area contributed by atoms with Crippen LogP contribution in [0.1, 0.15) is 0 Å². The zero-order valence-corrected chi connectivity index (χ0v) is 25.5. The van der Waals surface area contributed by atoms with Gasteiger partial charge >= 0.3 is 20.8 Å². The summed E-state index contributed by atoms with van der Waals surface area (Å²) in [5, 5.41) is 4.72. The second kappa shape index (κ2) is 11.7. The van der Waals surface area contributed by atoms with E-state index < -0.39 is 90.1 Å². The lowest BCUT2D eigenvalue weighted by Gasteiger charge is -2.13. The van der Waals surface area contributed by atoms with Crippen molar-refractivity contribution in [3.8, 4) is 11.5 Å². The van der Waals surface area contributed by atoms with Crippen molar-refractivity contribution in [2.24, 2.45) is 4.99 Å². The van der Waals surface area contributed by atoms with E-state index in [-0.39, 0.29) is 17.1 Å². The number of nitrogen functional groups attached to an aromatic ring is 1. The minimum absolute atomic E-state index is 0.0512. The molecule has 0 aromatic heterocycles. The molecule has 0 saturated heterocycles. The van der Waals surface area contributed by atoms with Gasteiger partial charge in [-0.3, -0.25) is 34.1 Å². The van der Waals surface area contributed by atoms with Crippen molar-refractivity contribution in [2.45, 2.75) is 4.90 Å². The molecule has 3 aromatic rings. The smallest absolute Gasteiger partial charge is 0.399 e. The molecular weight excluding hydrogens is 687 g/mol. The third kappa shape index (κ3) is 7.04. The van der Waals surface area contributed by atoms with E-state index in [9.17, 15) is 48.5 Å². The number of hydrazine groups is 1. The van der Waals surface area contributed by atoms with Gasteiger partial charge in [-0.1, -0.05) is 12.1 Å². The highest BCUT2D eigenvalue weighted by Crippen LogP contribution is 2.25. The molecule has 0 spiro atoms. The molecule has 244 valence electrons. The summed E-state index contributed by atoms with van der Waals surface area (Å²) in [6.07, 6.45) is 0. The third-order valence-electron chi connectivity index (χ3n) is 6.35. The van der Waals surface area contributed by atoms with Gasteiger partial charge in [-0.2, -0.15) is 25.3 Å². The average Bonchev–Trinajstić information content (AvgIpc) is 2.95. The topological polar surface area (TPSA) is 302 Å². The van der Waals surface area contributed by atoms with Crippen LogP contribution in [0.5, 0.6) is 11.5 Å². The molecule has 0 fully saturated rings. The second-order valence-electron chi connectivity index (χ2n) is 9.52. The van der Waals surface area contributed by atoms with Crippen LogP contribution in [0.25, 0.3) is 10.8 Å². The summed E-state index contributed by atoms with van der Waals surface area (Å²) in [6, 6.07) is 13.3. The molecule has 18 nitrogen and oxygen atoms in total. The van der Waals surface area contributed by atoms with Crippen LogP contribution in [0, 0.1) is 15.8 Å². The molecule has 5 rings (SSSR count). The van der Waals surface area contributed by atoms with Crippen molar-refractivity contribution in [1.29, 1.82) is 5.41 Å². The Morgan fingerprint density at radius 3 is 2.00 bits per heavy atom. The van der Waals surface area contributed by atoms with E-state index in [1.807, 2.05) is 0 Å². The SMILES string of the molecule is N=c1c(OS(=O)(=O)O)cc(=Nc2ccc(NNc3ccc(N)cc3S(=O)(=O)O)cc2)c2c(=O)c3c(OS(=O)(=O)O)cccc3c(=O)c1=2. The van der Waals surface area contributed by atoms with Crippen LogP contribution in [0.4, 0.5) is 22.7 Å². The minimum Gasteiger partial charge on any atom is -0.399 e.